The predicted molar refractivity (Wildman–Crippen MR) is 80.6 cm³/mol. The molecule has 0 bridgehead atoms. The first kappa shape index (κ1) is 13.3. The molecular formula is C13H13ClN4OS. The number of rotatable bonds is 3. The van der Waals surface area contributed by atoms with Gasteiger partial charge in [0.1, 0.15) is 9.98 Å². The average Bonchev–Trinajstić information content (AvgIpc) is 2.97. The van der Waals surface area contributed by atoms with E-state index >= 15 is 0 Å². The van der Waals surface area contributed by atoms with Crippen molar-refractivity contribution in [3.8, 4) is 0 Å². The molecule has 0 spiro atoms. The number of hydrogen-bond donors (Lipinski definition) is 0. The maximum Gasteiger partial charge on any atom is 0.328 e. The highest BCUT2D eigenvalue weighted by Crippen LogP contribution is 2.24. The van der Waals surface area contributed by atoms with E-state index in [2.05, 4.69) is 9.97 Å². The number of hydrogen-bond acceptors (Lipinski definition) is 4. The summed E-state index contributed by atoms with van der Waals surface area (Å²) in [6.45, 7) is 4.26. The van der Waals surface area contributed by atoms with E-state index in [9.17, 15) is 4.79 Å². The van der Waals surface area contributed by atoms with E-state index in [0.29, 0.717) is 17.5 Å². The van der Waals surface area contributed by atoms with Gasteiger partial charge in [-0.2, -0.15) is 0 Å². The topological polar surface area (TPSA) is 52.7 Å². The Hall–Kier alpha value is -1.66. The Morgan fingerprint density at radius 1 is 1.35 bits per heavy atom. The third kappa shape index (κ3) is 2.25. The van der Waals surface area contributed by atoms with Crippen molar-refractivity contribution in [2.75, 3.05) is 0 Å². The molecule has 0 radical (unpaired) electrons. The molecule has 3 rings (SSSR count). The van der Waals surface area contributed by atoms with E-state index in [-0.39, 0.29) is 11.7 Å². The SMILES string of the molecule is CC(C)n1ccn(Cc2nc(Cl)c3ccsc3n2)c1=O. The highest BCUT2D eigenvalue weighted by Gasteiger charge is 2.10. The molecule has 3 heterocycles. The lowest BCUT2D eigenvalue weighted by Crippen LogP contribution is -2.26. The summed E-state index contributed by atoms with van der Waals surface area (Å²) in [6, 6.07) is 2.03. The highest BCUT2D eigenvalue weighted by molar-refractivity contribution is 7.16. The van der Waals surface area contributed by atoms with Gasteiger partial charge in [0.15, 0.2) is 5.82 Å². The number of fused-ring (bicyclic) bond motifs is 1. The second-order valence-electron chi connectivity index (χ2n) is 4.78. The Morgan fingerprint density at radius 3 is 2.85 bits per heavy atom. The van der Waals surface area contributed by atoms with Gasteiger partial charge in [-0.15, -0.1) is 11.3 Å². The Morgan fingerprint density at radius 2 is 2.15 bits per heavy atom. The summed E-state index contributed by atoms with van der Waals surface area (Å²) in [6.07, 6.45) is 3.52. The first-order valence-corrected chi connectivity index (χ1v) is 7.49. The summed E-state index contributed by atoms with van der Waals surface area (Å²) in [4.78, 5) is 21.7. The first-order valence-electron chi connectivity index (χ1n) is 6.23. The molecule has 0 fully saturated rings. The van der Waals surface area contributed by atoms with Crippen molar-refractivity contribution in [3.63, 3.8) is 0 Å². The van der Waals surface area contributed by atoms with Gasteiger partial charge >= 0.3 is 5.69 Å². The van der Waals surface area contributed by atoms with Crippen LogP contribution in [0.25, 0.3) is 10.2 Å². The summed E-state index contributed by atoms with van der Waals surface area (Å²) in [5.74, 6) is 0.550. The van der Waals surface area contributed by atoms with Crippen molar-refractivity contribution < 1.29 is 0 Å². The molecule has 7 heteroatoms. The minimum absolute atomic E-state index is 0.0639. The van der Waals surface area contributed by atoms with Crippen LogP contribution < -0.4 is 5.69 Å². The molecule has 20 heavy (non-hydrogen) atoms. The normalized spacial score (nSPS) is 11.6. The predicted octanol–water partition coefficient (Wildman–Crippen LogP) is 2.94. The van der Waals surface area contributed by atoms with E-state index in [1.807, 2.05) is 25.3 Å². The van der Waals surface area contributed by atoms with Crippen molar-refractivity contribution in [1.82, 2.24) is 19.1 Å². The number of halogens is 1. The van der Waals surface area contributed by atoms with E-state index in [0.717, 1.165) is 10.2 Å². The zero-order valence-corrected chi connectivity index (χ0v) is 12.6. The maximum absolute atomic E-state index is 12.2. The van der Waals surface area contributed by atoms with Crippen LogP contribution in [0, 0.1) is 0 Å². The Labute approximate surface area is 124 Å². The largest absolute Gasteiger partial charge is 0.328 e. The van der Waals surface area contributed by atoms with Crippen LogP contribution >= 0.6 is 22.9 Å². The van der Waals surface area contributed by atoms with Crippen LogP contribution in [-0.2, 0) is 6.54 Å². The Bertz CT molecular complexity index is 817. The molecule has 0 aliphatic rings. The second kappa shape index (κ2) is 5.03. The molecular weight excluding hydrogens is 296 g/mol. The summed E-state index contributed by atoms with van der Waals surface area (Å²) in [5.41, 5.74) is -0.0639. The molecule has 3 aromatic heterocycles. The minimum Gasteiger partial charge on any atom is -0.297 e. The van der Waals surface area contributed by atoms with Crippen LogP contribution in [0.15, 0.2) is 28.6 Å². The molecule has 0 aromatic carbocycles. The van der Waals surface area contributed by atoms with Crippen molar-refractivity contribution in [3.05, 3.63) is 45.3 Å². The lowest BCUT2D eigenvalue weighted by Gasteiger charge is -2.05. The fourth-order valence-electron chi connectivity index (χ4n) is 2.03. The van der Waals surface area contributed by atoms with Crippen LogP contribution in [0.5, 0.6) is 0 Å². The van der Waals surface area contributed by atoms with Crippen molar-refractivity contribution in [1.29, 1.82) is 0 Å². The summed E-state index contributed by atoms with van der Waals surface area (Å²) >= 11 is 7.64. The Balaban J connectivity index is 1.99. The van der Waals surface area contributed by atoms with Gasteiger partial charge in [-0.3, -0.25) is 9.13 Å². The standard InChI is InChI=1S/C13H13ClN4OS/c1-8(2)18-5-4-17(13(18)19)7-10-15-11(14)9-3-6-20-12(9)16-10/h3-6,8H,7H2,1-2H3. The quantitative estimate of drug-likeness (QED) is 0.699. The lowest BCUT2D eigenvalue weighted by atomic mass is 10.4. The zero-order valence-electron chi connectivity index (χ0n) is 11.1. The number of aromatic nitrogens is 4. The van der Waals surface area contributed by atoms with E-state index in [1.165, 1.54) is 11.3 Å². The molecule has 104 valence electrons. The number of nitrogens with zero attached hydrogens (tertiary/aromatic N) is 4. The van der Waals surface area contributed by atoms with Crippen LogP contribution in [0.4, 0.5) is 0 Å². The number of thiophene rings is 1. The molecule has 0 saturated carbocycles. The molecule has 0 saturated heterocycles. The molecule has 0 N–H and O–H groups in total. The van der Waals surface area contributed by atoms with Crippen LogP contribution in [0.2, 0.25) is 5.15 Å². The first-order chi connectivity index (χ1) is 9.56. The molecule has 0 unspecified atom stereocenters. The van der Waals surface area contributed by atoms with Gasteiger partial charge in [-0.05, 0) is 25.3 Å². The van der Waals surface area contributed by atoms with Crippen LogP contribution in [-0.4, -0.2) is 19.1 Å². The lowest BCUT2D eigenvalue weighted by molar-refractivity contribution is 0.558. The molecule has 0 aliphatic carbocycles. The third-order valence-corrected chi connectivity index (χ3v) is 4.16. The van der Waals surface area contributed by atoms with Crippen LogP contribution in [0.1, 0.15) is 25.7 Å². The van der Waals surface area contributed by atoms with E-state index < -0.39 is 0 Å². The van der Waals surface area contributed by atoms with Crippen molar-refractivity contribution in [2.45, 2.75) is 26.4 Å². The van der Waals surface area contributed by atoms with Crippen molar-refractivity contribution in [2.24, 2.45) is 0 Å². The summed E-state index contributed by atoms with van der Waals surface area (Å²) in [7, 11) is 0. The smallest absolute Gasteiger partial charge is 0.297 e. The second-order valence-corrected chi connectivity index (χ2v) is 6.03. The zero-order chi connectivity index (χ0) is 14.3. The summed E-state index contributed by atoms with van der Waals surface area (Å²) in [5, 5.41) is 3.21. The number of imidazole rings is 1. The Kier molecular flexibility index (Phi) is 3.35. The van der Waals surface area contributed by atoms with E-state index in [4.69, 9.17) is 11.6 Å². The van der Waals surface area contributed by atoms with Gasteiger partial charge in [0, 0.05) is 23.8 Å². The van der Waals surface area contributed by atoms with Gasteiger partial charge in [-0.1, -0.05) is 11.6 Å². The van der Waals surface area contributed by atoms with Gasteiger partial charge in [0.05, 0.1) is 6.54 Å². The third-order valence-electron chi connectivity index (χ3n) is 3.07. The van der Waals surface area contributed by atoms with Gasteiger partial charge in [-0.25, -0.2) is 14.8 Å². The van der Waals surface area contributed by atoms with Crippen molar-refractivity contribution >= 4 is 33.2 Å². The average molecular weight is 309 g/mol. The van der Waals surface area contributed by atoms with Gasteiger partial charge in [0.25, 0.3) is 0 Å². The molecule has 0 amide bonds. The maximum atomic E-state index is 12.2. The molecule has 0 atom stereocenters. The van der Waals surface area contributed by atoms with E-state index in [1.54, 1.807) is 21.5 Å². The molecule has 0 aliphatic heterocycles. The monoisotopic (exact) mass is 308 g/mol. The fourth-order valence-corrected chi connectivity index (χ4v) is 3.11. The van der Waals surface area contributed by atoms with Gasteiger partial charge < -0.3 is 0 Å². The van der Waals surface area contributed by atoms with Gasteiger partial charge in [0.2, 0.25) is 0 Å². The fraction of sp³-hybridized carbons (Fsp3) is 0.308. The molecule has 3 aromatic rings. The summed E-state index contributed by atoms with van der Waals surface area (Å²) < 4.78 is 3.26. The van der Waals surface area contributed by atoms with Crippen LogP contribution in [0.3, 0.4) is 0 Å². The highest BCUT2D eigenvalue weighted by atomic mass is 35.5. The minimum atomic E-state index is -0.0639. The molecule has 5 nitrogen and oxygen atoms in total.